The van der Waals surface area contributed by atoms with Gasteiger partial charge in [-0.25, -0.2) is 9.97 Å². The lowest BCUT2D eigenvalue weighted by Crippen LogP contribution is -1.89. The van der Waals surface area contributed by atoms with E-state index in [0.29, 0.717) is 11.8 Å². The van der Waals surface area contributed by atoms with Crippen LogP contribution in [-0.4, -0.2) is 19.9 Å². The Kier molecular flexibility index (Phi) is 7.06. The van der Waals surface area contributed by atoms with Gasteiger partial charge in [0.25, 0.3) is 0 Å². The van der Waals surface area contributed by atoms with Crippen LogP contribution in [0.5, 0.6) is 23.3 Å². The van der Waals surface area contributed by atoms with Gasteiger partial charge in [-0.3, -0.25) is 0 Å². The van der Waals surface area contributed by atoms with Gasteiger partial charge in [0.1, 0.15) is 22.5 Å². The Hall–Kier alpha value is -3.62. The Bertz CT molecular complexity index is 1540. The van der Waals surface area contributed by atoms with Crippen LogP contribution in [0.2, 0.25) is 0 Å². The number of nitrogens with zero attached hydrogens (tertiary/aromatic N) is 2. The van der Waals surface area contributed by atoms with E-state index in [1.165, 1.54) is 0 Å². The van der Waals surface area contributed by atoms with E-state index in [4.69, 9.17) is 9.47 Å². The Balaban J connectivity index is 0.000000148. The molecule has 2 N–H and O–H groups in total. The highest BCUT2D eigenvalue weighted by molar-refractivity contribution is 9.10. The van der Waals surface area contributed by atoms with Crippen LogP contribution in [0.4, 0.5) is 0 Å². The van der Waals surface area contributed by atoms with Crippen molar-refractivity contribution in [1.29, 1.82) is 0 Å². The Morgan fingerprint density at radius 2 is 1.06 bits per heavy atom. The van der Waals surface area contributed by atoms with Crippen LogP contribution in [0.25, 0.3) is 21.8 Å². The van der Waals surface area contributed by atoms with Crippen LogP contribution in [0.1, 0.15) is 11.1 Å². The van der Waals surface area contributed by atoms with Crippen molar-refractivity contribution in [3.63, 3.8) is 0 Å². The lowest BCUT2D eigenvalue weighted by molar-refractivity contribution is 0.467. The molecule has 0 saturated carbocycles. The molecule has 0 aliphatic heterocycles. The highest BCUT2D eigenvalue weighted by atomic mass is 79.9. The van der Waals surface area contributed by atoms with Crippen LogP contribution in [0.3, 0.4) is 0 Å². The van der Waals surface area contributed by atoms with Crippen LogP contribution in [-0.2, 0) is 0 Å². The second-order valence-electron chi connectivity index (χ2n) is 8.14. The van der Waals surface area contributed by atoms with Crippen LogP contribution in [0.15, 0.2) is 94.4 Å². The smallest absolute Gasteiger partial charge is 0.243 e. The molecule has 6 rings (SSSR count). The zero-order chi connectivity index (χ0) is 25.1. The van der Waals surface area contributed by atoms with E-state index in [9.17, 15) is 0 Å². The highest BCUT2D eigenvalue weighted by Crippen LogP contribution is 2.30. The molecule has 0 unspecified atom stereocenters. The first-order valence-electron chi connectivity index (χ1n) is 11.2. The maximum atomic E-state index is 5.82. The Morgan fingerprint density at radius 1 is 0.611 bits per heavy atom. The SMILES string of the molecule is Cc1cc(Oc2nccc3cc[nH]c23)ccc1Br.Cc1cc(Oc2nccc3cc[nH]c23)ccc1Br. The molecule has 0 amide bonds. The quantitative estimate of drug-likeness (QED) is 0.210. The van der Waals surface area contributed by atoms with Gasteiger partial charge in [-0.1, -0.05) is 31.9 Å². The number of aryl methyl sites for hydroxylation is 2. The zero-order valence-electron chi connectivity index (χ0n) is 19.5. The van der Waals surface area contributed by atoms with E-state index >= 15 is 0 Å². The van der Waals surface area contributed by atoms with Gasteiger partial charge in [0, 0.05) is 44.5 Å². The van der Waals surface area contributed by atoms with E-state index in [1.807, 2.05) is 86.9 Å². The normalized spacial score (nSPS) is 10.8. The fourth-order valence-electron chi connectivity index (χ4n) is 3.65. The van der Waals surface area contributed by atoms with Crippen molar-refractivity contribution < 1.29 is 9.47 Å². The van der Waals surface area contributed by atoms with E-state index in [-0.39, 0.29) is 0 Å². The lowest BCUT2D eigenvalue weighted by Gasteiger charge is -2.07. The number of halogens is 2. The topological polar surface area (TPSA) is 75.8 Å². The van der Waals surface area contributed by atoms with Gasteiger partial charge < -0.3 is 19.4 Å². The van der Waals surface area contributed by atoms with Crippen molar-refractivity contribution >= 4 is 53.7 Å². The van der Waals surface area contributed by atoms with Crippen molar-refractivity contribution in [2.75, 3.05) is 0 Å². The number of ether oxygens (including phenoxy) is 2. The molecule has 0 bridgehead atoms. The fourth-order valence-corrected chi connectivity index (χ4v) is 4.14. The molecule has 0 aliphatic carbocycles. The largest absolute Gasteiger partial charge is 0.437 e. The highest BCUT2D eigenvalue weighted by Gasteiger charge is 2.08. The number of H-pyrrole nitrogens is 2. The average Bonchev–Trinajstić information content (AvgIpc) is 3.55. The summed E-state index contributed by atoms with van der Waals surface area (Å²) in [5, 5.41) is 2.18. The van der Waals surface area contributed by atoms with Crippen LogP contribution >= 0.6 is 31.9 Å². The molecular formula is C28H22Br2N4O2. The summed E-state index contributed by atoms with van der Waals surface area (Å²) in [5.74, 6) is 2.76. The van der Waals surface area contributed by atoms with Crippen molar-refractivity contribution in [1.82, 2.24) is 19.9 Å². The molecule has 0 spiro atoms. The maximum Gasteiger partial charge on any atom is 0.243 e. The van der Waals surface area contributed by atoms with Crippen molar-refractivity contribution in [2.24, 2.45) is 0 Å². The maximum absolute atomic E-state index is 5.82. The molecule has 0 fully saturated rings. The number of aromatic amines is 2. The number of rotatable bonds is 4. The molecule has 4 heterocycles. The number of benzene rings is 2. The molecule has 2 aromatic carbocycles. The van der Waals surface area contributed by atoms with Crippen LogP contribution in [0, 0.1) is 13.8 Å². The summed E-state index contributed by atoms with van der Waals surface area (Å²) in [6, 6.07) is 19.6. The minimum absolute atomic E-state index is 0.597. The summed E-state index contributed by atoms with van der Waals surface area (Å²) >= 11 is 6.94. The summed E-state index contributed by atoms with van der Waals surface area (Å²) in [6.07, 6.45) is 7.26. The lowest BCUT2D eigenvalue weighted by atomic mass is 10.2. The van der Waals surface area contributed by atoms with Crippen LogP contribution < -0.4 is 9.47 Å². The molecule has 4 aromatic heterocycles. The summed E-state index contributed by atoms with van der Waals surface area (Å²) < 4.78 is 13.8. The molecule has 180 valence electrons. The minimum atomic E-state index is 0.597. The molecule has 36 heavy (non-hydrogen) atoms. The van der Waals surface area contributed by atoms with E-state index in [0.717, 1.165) is 53.4 Å². The fraction of sp³-hybridized carbons (Fsp3) is 0.0714. The van der Waals surface area contributed by atoms with E-state index in [1.54, 1.807) is 12.4 Å². The number of hydrogen-bond acceptors (Lipinski definition) is 4. The molecule has 6 aromatic rings. The summed E-state index contributed by atoms with van der Waals surface area (Å²) in [6.45, 7) is 4.05. The summed E-state index contributed by atoms with van der Waals surface area (Å²) in [5.41, 5.74) is 4.09. The third-order valence-corrected chi connectivity index (χ3v) is 7.35. The monoisotopic (exact) mass is 604 g/mol. The first-order valence-corrected chi connectivity index (χ1v) is 12.8. The van der Waals surface area contributed by atoms with Gasteiger partial charge in [0.05, 0.1) is 0 Å². The zero-order valence-corrected chi connectivity index (χ0v) is 22.7. The average molecular weight is 606 g/mol. The third kappa shape index (κ3) is 5.29. The molecule has 0 radical (unpaired) electrons. The van der Waals surface area contributed by atoms with E-state index < -0.39 is 0 Å². The number of fused-ring (bicyclic) bond motifs is 2. The molecule has 0 aliphatic rings. The Morgan fingerprint density at radius 3 is 1.47 bits per heavy atom. The van der Waals surface area contributed by atoms with Gasteiger partial charge >= 0.3 is 0 Å². The molecule has 0 atom stereocenters. The second-order valence-corrected chi connectivity index (χ2v) is 9.85. The molecule has 8 heteroatoms. The first kappa shape index (κ1) is 24.1. The first-order chi connectivity index (χ1) is 17.5. The molecule has 0 saturated heterocycles. The second kappa shape index (κ2) is 10.6. The third-order valence-electron chi connectivity index (χ3n) is 5.57. The predicted octanol–water partition coefficient (Wildman–Crippen LogP) is 8.85. The standard InChI is InChI=1S/2C14H11BrN2O/c2*1-9-8-11(2-3-12(9)15)18-14-13-10(4-6-16-13)5-7-17-14/h2*2-8,16H,1H3. The van der Waals surface area contributed by atoms with Crippen molar-refractivity contribution in [2.45, 2.75) is 13.8 Å². The van der Waals surface area contributed by atoms with Gasteiger partial charge in [-0.05, 0) is 85.6 Å². The predicted molar refractivity (Wildman–Crippen MR) is 150 cm³/mol. The molecular weight excluding hydrogens is 584 g/mol. The number of hydrogen-bond donors (Lipinski definition) is 2. The van der Waals surface area contributed by atoms with Crippen molar-refractivity contribution in [3.05, 3.63) is 106 Å². The Labute approximate surface area is 225 Å². The van der Waals surface area contributed by atoms with E-state index in [2.05, 4.69) is 51.8 Å². The molecule has 6 nitrogen and oxygen atoms in total. The number of pyridine rings is 2. The summed E-state index contributed by atoms with van der Waals surface area (Å²) in [7, 11) is 0. The summed E-state index contributed by atoms with van der Waals surface area (Å²) in [4.78, 5) is 14.8. The van der Waals surface area contributed by atoms with Gasteiger partial charge in [0.15, 0.2) is 0 Å². The number of nitrogens with one attached hydrogen (secondary N) is 2. The number of aromatic nitrogens is 4. The van der Waals surface area contributed by atoms with Gasteiger partial charge in [-0.15, -0.1) is 0 Å². The van der Waals surface area contributed by atoms with Gasteiger partial charge in [-0.2, -0.15) is 0 Å². The van der Waals surface area contributed by atoms with Gasteiger partial charge in [0.2, 0.25) is 11.8 Å². The van der Waals surface area contributed by atoms with Crippen molar-refractivity contribution in [3.8, 4) is 23.3 Å². The minimum Gasteiger partial charge on any atom is -0.437 e.